The number of thiocarbonyl (C=S) groups is 1. The highest BCUT2D eigenvalue weighted by atomic mass is 32.2. The number of hydrogen-bond acceptors (Lipinski definition) is 5. The van der Waals surface area contributed by atoms with Gasteiger partial charge < -0.3 is 14.7 Å². The average molecular weight is 361 g/mol. The normalized spacial score (nSPS) is 16.3. The van der Waals surface area contributed by atoms with Gasteiger partial charge in [0.2, 0.25) is 0 Å². The van der Waals surface area contributed by atoms with Crippen LogP contribution >= 0.6 is 24.0 Å². The van der Waals surface area contributed by atoms with Crippen molar-refractivity contribution in [3.8, 4) is 0 Å². The van der Waals surface area contributed by atoms with E-state index < -0.39 is 17.3 Å². The lowest BCUT2D eigenvalue weighted by molar-refractivity contribution is -0.0347. The number of methoxy groups -OCH3 is 1. The molecule has 4 nitrogen and oxygen atoms in total. The zero-order valence-electron chi connectivity index (χ0n) is 12.5. The van der Waals surface area contributed by atoms with Gasteiger partial charge in [-0.2, -0.15) is 8.78 Å². The molecule has 8 heteroatoms. The van der Waals surface area contributed by atoms with Crippen molar-refractivity contribution in [3.63, 3.8) is 0 Å². The summed E-state index contributed by atoms with van der Waals surface area (Å²) in [7, 11) is 1.23. The molecule has 1 unspecified atom stereocenters. The van der Waals surface area contributed by atoms with Gasteiger partial charge in [-0.3, -0.25) is 0 Å². The van der Waals surface area contributed by atoms with E-state index in [1.54, 1.807) is 4.90 Å². The molecule has 0 bridgehead atoms. The van der Waals surface area contributed by atoms with Crippen molar-refractivity contribution in [3.05, 3.63) is 35.4 Å². The van der Waals surface area contributed by atoms with Crippen LogP contribution in [0.4, 0.5) is 8.78 Å². The summed E-state index contributed by atoms with van der Waals surface area (Å²) in [5.74, 6) is -0.567. The van der Waals surface area contributed by atoms with Crippen LogP contribution in [0.5, 0.6) is 0 Å². The smallest absolute Gasteiger partial charge is 0.337 e. The fourth-order valence-corrected chi connectivity index (χ4v) is 3.56. The number of aliphatic hydroxyl groups is 1. The number of carbonyl (C=O) groups excluding carboxylic acids is 1. The van der Waals surface area contributed by atoms with Crippen molar-refractivity contribution in [2.75, 3.05) is 20.2 Å². The highest BCUT2D eigenvalue weighted by Crippen LogP contribution is 2.42. The molecular weight excluding hydrogens is 344 g/mol. The predicted molar refractivity (Wildman–Crippen MR) is 88.7 cm³/mol. The maximum Gasteiger partial charge on any atom is 0.337 e. The Morgan fingerprint density at radius 1 is 1.35 bits per heavy atom. The van der Waals surface area contributed by atoms with Gasteiger partial charge in [-0.15, -0.1) is 0 Å². The van der Waals surface area contributed by atoms with Crippen molar-refractivity contribution >= 4 is 34.3 Å². The molecule has 126 valence electrons. The second-order valence-corrected chi connectivity index (χ2v) is 6.92. The third-order valence-electron chi connectivity index (χ3n) is 3.55. The van der Waals surface area contributed by atoms with E-state index in [1.165, 1.54) is 31.4 Å². The number of halogens is 2. The number of ether oxygens (including phenoxy) is 1. The molecular formula is C15H17F2NO3S2. The first kappa shape index (κ1) is 18.1. The Labute approximate surface area is 142 Å². The maximum atomic E-state index is 14.2. The molecule has 1 aromatic rings. The first-order valence-corrected chi connectivity index (χ1v) is 8.29. The summed E-state index contributed by atoms with van der Waals surface area (Å²) in [6, 6.07) is 5.24. The van der Waals surface area contributed by atoms with E-state index in [0.717, 1.165) is 12.8 Å². The number of esters is 1. The van der Waals surface area contributed by atoms with E-state index in [-0.39, 0.29) is 27.2 Å². The molecule has 0 aromatic heterocycles. The molecule has 1 aliphatic rings. The largest absolute Gasteiger partial charge is 0.465 e. The Bertz CT molecular complexity index is 575. The Morgan fingerprint density at radius 3 is 2.43 bits per heavy atom. The van der Waals surface area contributed by atoms with Crippen molar-refractivity contribution < 1.29 is 23.4 Å². The summed E-state index contributed by atoms with van der Waals surface area (Å²) in [4.78, 5) is 13.0. The number of likely N-dealkylation sites (tertiary alicyclic amines) is 1. The summed E-state index contributed by atoms with van der Waals surface area (Å²) in [5, 5.41) is 6.51. The third kappa shape index (κ3) is 4.39. The lowest BCUT2D eigenvalue weighted by atomic mass is 10.1. The Morgan fingerprint density at radius 2 is 1.91 bits per heavy atom. The van der Waals surface area contributed by atoms with E-state index in [0.29, 0.717) is 13.1 Å². The molecule has 23 heavy (non-hydrogen) atoms. The van der Waals surface area contributed by atoms with Crippen LogP contribution in [0.3, 0.4) is 0 Å². The lowest BCUT2D eigenvalue weighted by Gasteiger charge is -2.26. The molecule has 0 saturated carbocycles. The molecule has 1 saturated heterocycles. The van der Waals surface area contributed by atoms with Crippen LogP contribution in [0.2, 0.25) is 0 Å². The summed E-state index contributed by atoms with van der Waals surface area (Å²) in [6.45, 7) is 1.34. The average Bonchev–Trinajstić information content (AvgIpc) is 3.07. The summed E-state index contributed by atoms with van der Waals surface area (Å²) in [5.41, 5.74) is 0.242. The van der Waals surface area contributed by atoms with E-state index in [2.05, 4.69) is 4.74 Å². The van der Waals surface area contributed by atoms with E-state index in [4.69, 9.17) is 12.2 Å². The standard InChI is InChI=1S/C15H17F2NO3S2/c1-21-13(20)11-6-4-10(5-7-11)12(19)15(16,17)23-14(22)18-8-2-3-9-18/h4-7,12,19H,2-3,8-9H2,1H3. The first-order chi connectivity index (χ1) is 10.8. The van der Waals surface area contributed by atoms with Gasteiger partial charge in [-0.1, -0.05) is 24.4 Å². The molecule has 1 heterocycles. The SMILES string of the molecule is COC(=O)c1ccc(C(O)C(F)(F)SC(=S)N2CCCC2)cc1. The lowest BCUT2D eigenvalue weighted by Crippen LogP contribution is -2.30. The number of benzene rings is 1. The maximum absolute atomic E-state index is 14.2. The molecule has 2 rings (SSSR count). The number of nitrogens with zero attached hydrogens (tertiary/aromatic N) is 1. The third-order valence-corrected chi connectivity index (χ3v) is 4.99. The van der Waals surface area contributed by atoms with Gasteiger partial charge in [-0.25, -0.2) is 4.79 Å². The number of carbonyl (C=O) groups is 1. The molecule has 1 aromatic carbocycles. The zero-order valence-corrected chi connectivity index (χ0v) is 14.1. The van der Waals surface area contributed by atoms with Crippen LogP contribution in [-0.2, 0) is 4.74 Å². The minimum absolute atomic E-state index is 0.0133. The van der Waals surface area contributed by atoms with Crippen LogP contribution in [0, 0.1) is 0 Å². The second-order valence-electron chi connectivity index (χ2n) is 5.14. The van der Waals surface area contributed by atoms with Gasteiger partial charge in [0.05, 0.1) is 12.7 Å². The fourth-order valence-electron chi connectivity index (χ4n) is 2.25. The van der Waals surface area contributed by atoms with E-state index >= 15 is 0 Å². The topological polar surface area (TPSA) is 49.8 Å². The van der Waals surface area contributed by atoms with Gasteiger partial charge in [0.25, 0.3) is 0 Å². The quantitative estimate of drug-likeness (QED) is 0.656. The molecule has 0 aliphatic carbocycles. The van der Waals surface area contributed by atoms with Gasteiger partial charge in [0.15, 0.2) is 6.10 Å². The van der Waals surface area contributed by atoms with E-state index in [1.807, 2.05) is 0 Å². The van der Waals surface area contributed by atoms with Crippen LogP contribution in [0.15, 0.2) is 24.3 Å². The Kier molecular flexibility index (Phi) is 5.94. The van der Waals surface area contributed by atoms with Crippen LogP contribution in [0.25, 0.3) is 0 Å². The Hall–Kier alpha value is -1.25. The first-order valence-electron chi connectivity index (χ1n) is 7.07. The highest BCUT2D eigenvalue weighted by molar-refractivity contribution is 8.23. The highest BCUT2D eigenvalue weighted by Gasteiger charge is 2.42. The minimum Gasteiger partial charge on any atom is -0.465 e. The molecule has 1 N–H and O–H groups in total. The predicted octanol–water partition coefficient (Wildman–Crippen LogP) is 3.21. The van der Waals surface area contributed by atoms with Gasteiger partial charge in [0, 0.05) is 13.1 Å². The molecule has 0 amide bonds. The van der Waals surface area contributed by atoms with Crippen molar-refractivity contribution in [1.82, 2.24) is 4.90 Å². The van der Waals surface area contributed by atoms with Crippen LogP contribution < -0.4 is 0 Å². The van der Waals surface area contributed by atoms with Crippen molar-refractivity contribution in [1.29, 1.82) is 0 Å². The van der Waals surface area contributed by atoms with E-state index in [9.17, 15) is 18.7 Å². The molecule has 1 fully saturated rings. The number of alkyl halides is 2. The van der Waals surface area contributed by atoms with Gasteiger partial charge in [0.1, 0.15) is 4.32 Å². The number of hydrogen-bond donors (Lipinski definition) is 1. The molecule has 1 aliphatic heterocycles. The summed E-state index contributed by atoms with van der Waals surface area (Å²) >= 11 is 5.24. The molecule has 1 atom stereocenters. The summed E-state index contributed by atoms with van der Waals surface area (Å²) < 4.78 is 33.1. The van der Waals surface area contributed by atoms with Crippen LogP contribution in [-0.4, -0.2) is 45.8 Å². The van der Waals surface area contributed by atoms with Crippen molar-refractivity contribution in [2.45, 2.75) is 24.2 Å². The van der Waals surface area contributed by atoms with Crippen LogP contribution in [0.1, 0.15) is 34.9 Å². The second kappa shape index (κ2) is 7.55. The zero-order chi connectivity index (χ0) is 17.0. The van der Waals surface area contributed by atoms with Crippen molar-refractivity contribution in [2.24, 2.45) is 0 Å². The summed E-state index contributed by atoms with van der Waals surface area (Å²) in [6.07, 6.45) is -0.145. The Balaban J connectivity index is 2.06. The minimum atomic E-state index is -3.45. The monoisotopic (exact) mass is 361 g/mol. The molecule has 0 spiro atoms. The molecule has 0 radical (unpaired) electrons. The number of aliphatic hydroxyl groups excluding tert-OH is 1. The number of thioether (sulfide) groups is 1. The van der Waals surface area contributed by atoms with Gasteiger partial charge in [-0.05, 0) is 42.3 Å². The fraction of sp³-hybridized carbons (Fsp3) is 0.467. The van der Waals surface area contributed by atoms with Gasteiger partial charge >= 0.3 is 11.2 Å². The number of rotatable bonds is 4.